The van der Waals surface area contributed by atoms with Crippen molar-refractivity contribution in [3.63, 3.8) is 0 Å². The molecule has 0 aliphatic carbocycles. The topological polar surface area (TPSA) is 9.23 Å². The molecule has 0 heterocycles. The summed E-state index contributed by atoms with van der Waals surface area (Å²) in [7, 11) is 0. The highest BCUT2D eigenvalue weighted by molar-refractivity contribution is 9.10. The standard InChI is InChI=1S/C8H4Br2F8O/c1-3(5(9,11)7(13,14)15)19-4(2)6(10,12)8(16,17)18/h1-2H2. The van der Waals surface area contributed by atoms with E-state index in [1.54, 1.807) is 0 Å². The highest BCUT2D eigenvalue weighted by Crippen LogP contribution is 2.49. The van der Waals surface area contributed by atoms with Crippen LogP contribution >= 0.6 is 31.9 Å². The van der Waals surface area contributed by atoms with Crippen molar-refractivity contribution in [1.29, 1.82) is 0 Å². The van der Waals surface area contributed by atoms with Crippen LogP contribution in [-0.4, -0.2) is 21.5 Å². The summed E-state index contributed by atoms with van der Waals surface area (Å²) in [5.74, 6) is -3.70. The number of hydrogen-bond acceptors (Lipinski definition) is 1. The Bertz CT molecular complexity index is 345. The van der Waals surface area contributed by atoms with Gasteiger partial charge < -0.3 is 4.74 Å². The quantitative estimate of drug-likeness (QED) is 0.337. The second-order valence-electron chi connectivity index (χ2n) is 3.09. The van der Waals surface area contributed by atoms with Gasteiger partial charge in [-0.1, -0.05) is 13.2 Å². The van der Waals surface area contributed by atoms with Gasteiger partial charge in [-0.05, 0) is 31.9 Å². The first kappa shape index (κ1) is 18.7. The van der Waals surface area contributed by atoms with E-state index in [2.05, 4.69) is 17.9 Å². The van der Waals surface area contributed by atoms with E-state index in [4.69, 9.17) is 0 Å². The second-order valence-corrected chi connectivity index (χ2v) is 5.28. The van der Waals surface area contributed by atoms with Crippen LogP contribution in [0.5, 0.6) is 0 Å². The van der Waals surface area contributed by atoms with Crippen LogP contribution in [0.15, 0.2) is 24.7 Å². The summed E-state index contributed by atoms with van der Waals surface area (Å²) in [5.41, 5.74) is 0. The fraction of sp³-hybridized carbons (Fsp3) is 0.500. The summed E-state index contributed by atoms with van der Waals surface area (Å²) in [6.45, 7) is 4.90. The molecule has 0 aromatic carbocycles. The monoisotopic (exact) mass is 426 g/mol. The molecule has 19 heavy (non-hydrogen) atoms. The van der Waals surface area contributed by atoms with Crippen molar-refractivity contribution < 1.29 is 39.9 Å². The van der Waals surface area contributed by atoms with Crippen LogP contribution in [0.25, 0.3) is 0 Å². The van der Waals surface area contributed by atoms with Gasteiger partial charge in [0.05, 0.1) is 0 Å². The Hall–Kier alpha value is -0.320. The normalized spacial score (nSPS) is 19.3. The van der Waals surface area contributed by atoms with Crippen LogP contribution < -0.4 is 0 Å². The van der Waals surface area contributed by atoms with Gasteiger partial charge >= 0.3 is 21.5 Å². The van der Waals surface area contributed by atoms with E-state index in [0.29, 0.717) is 0 Å². The Morgan fingerprint density at radius 3 is 1.05 bits per heavy atom. The number of halogens is 10. The molecular formula is C8H4Br2F8O. The van der Waals surface area contributed by atoms with E-state index in [9.17, 15) is 35.1 Å². The van der Waals surface area contributed by atoms with Gasteiger partial charge in [0.25, 0.3) is 0 Å². The summed E-state index contributed by atoms with van der Waals surface area (Å²) in [6.07, 6.45) is -11.2. The van der Waals surface area contributed by atoms with Gasteiger partial charge in [0.2, 0.25) is 0 Å². The molecule has 0 aromatic heterocycles. The van der Waals surface area contributed by atoms with Gasteiger partial charge in [-0.2, -0.15) is 26.3 Å². The minimum atomic E-state index is -5.58. The molecule has 0 N–H and O–H groups in total. The molecule has 0 radical (unpaired) electrons. The molecule has 2 atom stereocenters. The van der Waals surface area contributed by atoms with Crippen LogP contribution in [0, 0.1) is 0 Å². The molecule has 11 heteroatoms. The largest absolute Gasteiger partial charge is 0.458 e. The summed E-state index contributed by atoms with van der Waals surface area (Å²) in [6, 6.07) is 0. The Morgan fingerprint density at radius 2 is 0.895 bits per heavy atom. The summed E-state index contributed by atoms with van der Waals surface area (Å²) < 4.78 is 94.2. The first-order valence-corrected chi connectivity index (χ1v) is 5.59. The first-order valence-electron chi connectivity index (χ1n) is 4.01. The van der Waals surface area contributed by atoms with Gasteiger partial charge in [0, 0.05) is 0 Å². The summed E-state index contributed by atoms with van der Waals surface area (Å²) in [5, 5.41) is 0. The van der Waals surface area contributed by atoms with E-state index >= 15 is 0 Å². The molecule has 0 aromatic rings. The van der Waals surface area contributed by atoms with E-state index < -0.39 is 33.0 Å². The maximum absolute atomic E-state index is 13.1. The third kappa shape index (κ3) is 3.83. The SMILES string of the molecule is C=C(OC(=C)C(F)(Br)C(F)(F)F)C(F)(Br)C(F)(F)F. The second kappa shape index (κ2) is 5.23. The fourth-order valence-electron chi connectivity index (χ4n) is 0.593. The highest BCUT2D eigenvalue weighted by Gasteiger charge is 2.61. The van der Waals surface area contributed by atoms with Crippen molar-refractivity contribution in [2.24, 2.45) is 0 Å². The molecule has 0 saturated carbocycles. The molecule has 0 saturated heterocycles. The Balaban J connectivity index is 5.11. The van der Waals surface area contributed by atoms with Crippen LogP contribution in [0.1, 0.15) is 0 Å². The molecule has 2 unspecified atom stereocenters. The molecule has 112 valence electrons. The maximum Gasteiger partial charge on any atom is 0.440 e. The van der Waals surface area contributed by atoms with Crippen molar-refractivity contribution in [2.75, 3.05) is 0 Å². The third-order valence-corrected chi connectivity index (χ3v) is 3.44. The Kier molecular flexibility index (Phi) is 5.14. The van der Waals surface area contributed by atoms with Crippen molar-refractivity contribution in [3.05, 3.63) is 24.7 Å². The Labute approximate surface area is 118 Å². The average molecular weight is 428 g/mol. The zero-order chi connectivity index (χ0) is 15.9. The molecule has 0 bridgehead atoms. The number of allylic oxidation sites excluding steroid dienone is 2. The third-order valence-electron chi connectivity index (χ3n) is 1.66. The minimum Gasteiger partial charge on any atom is -0.458 e. The molecule has 0 aliphatic heterocycles. The highest BCUT2D eigenvalue weighted by atomic mass is 79.9. The van der Waals surface area contributed by atoms with E-state index in [1.807, 2.05) is 0 Å². The zero-order valence-electron chi connectivity index (χ0n) is 8.60. The van der Waals surface area contributed by atoms with Gasteiger partial charge in [-0.3, -0.25) is 0 Å². The molecule has 0 spiro atoms. The average Bonchev–Trinajstić information content (AvgIpc) is 2.13. The van der Waals surface area contributed by atoms with Crippen LogP contribution in [0.2, 0.25) is 0 Å². The maximum atomic E-state index is 13.1. The lowest BCUT2D eigenvalue weighted by molar-refractivity contribution is -0.199. The van der Waals surface area contributed by atoms with Crippen LogP contribution in [0.3, 0.4) is 0 Å². The minimum absolute atomic E-state index is 1.54. The first-order chi connectivity index (χ1) is 8.05. The zero-order valence-corrected chi connectivity index (χ0v) is 11.8. The molecule has 0 rings (SSSR count). The van der Waals surface area contributed by atoms with Crippen molar-refractivity contribution in [1.82, 2.24) is 0 Å². The summed E-state index contributed by atoms with van der Waals surface area (Å²) >= 11 is 3.07. The molecule has 0 aliphatic rings. The predicted molar refractivity (Wildman–Crippen MR) is 57.0 cm³/mol. The molecule has 1 nitrogen and oxygen atoms in total. The van der Waals surface area contributed by atoms with Gasteiger partial charge in [-0.15, -0.1) is 0 Å². The lowest BCUT2D eigenvalue weighted by Crippen LogP contribution is -2.40. The fourth-order valence-corrected chi connectivity index (χ4v) is 0.755. The lowest BCUT2D eigenvalue weighted by atomic mass is 10.3. The number of rotatable bonds is 4. The molecule has 0 fully saturated rings. The molecule has 0 amide bonds. The van der Waals surface area contributed by atoms with Crippen LogP contribution in [0.4, 0.5) is 35.1 Å². The number of alkyl halides is 10. The van der Waals surface area contributed by atoms with E-state index in [1.165, 1.54) is 31.9 Å². The molecular weight excluding hydrogens is 424 g/mol. The summed E-state index contributed by atoms with van der Waals surface area (Å²) in [4.78, 5) is 0. The van der Waals surface area contributed by atoms with Gasteiger partial charge in [0.15, 0.2) is 11.5 Å². The van der Waals surface area contributed by atoms with Gasteiger partial charge in [-0.25, -0.2) is 8.78 Å². The van der Waals surface area contributed by atoms with E-state index in [0.717, 1.165) is 0 Å². The number of ether oxygens (including phenoxy) is 1. The van der Waals surface area contributed by atoms with E-state index in [-0.39, 0.29) is 0 Å². The van der Waals surface area contributed by atoms with Crippen LogP contribution in [-0.2, 0) is 4.74 Å². The van der Waals surface area contributed by atoms with Gasteiger partial charge in [0.1, 0.15) is 0 Å². The predicted octanol–water partition coefficient (Wildman–Crippen LogP) is 5.28. The number of hydrogen-bond donors (Lipinski definition) is 0. The lowest BCUT2D eigenvalue weighted by Gasteiger charge is -2.28. The van der Waals surface area contributed by atoms with Crippen molar-refractivity contribution >= 4 is 31.9 Å². The van der Waals surface area contributed by atoms with Crippen molar-refractivity contribution in [2.45, 2.75) is 21.5 Å². The smallest absolute Gasteiger partial charge is 0.440 e. The Morgan fingerprint density at radius 1 is 0.684 bits per heavy atom. The van der Waals surface area contributed by atoms with Crippen molar-refractivity contribution in [3.8, 4) is 0 Å².